The molecule has 1 aliphatic heterocycles. The second-order valence-electron chi connectivity index (χ2n) is 5.06. The topological polar surface area (TPSA) is 83.7 Å². The quantitative estimate of drug-likeness (QED) is 0.842. The standard InChI is InChI=1S/C13H18N6/c1-9-6-10(8-15-7-9)12-16-13(18-17-12)19-4-2-11(14)3-5-19/h6-8,11H,2-5,14H2,1H3,(H,16,17,18). The van der Waals surface area contributed by atoms with Gasteiger partial charge in [-0.1, -0.05) is 0 Å². The molecule has 1 aliphatic rings. The van der Waals surface area contributed by atoms with Crippen molar-refractivity contribution in [3.8, 4) is 11.4 Å². The number of piperidine rings is 1. The number of rotatable bonds is 2. The lowest BCUT2D eigenvalue weighted by Crippen LogP contribution is -2.40. The number of anilines is 1. The summed E-state index contributed by atoms with van der Waals surface area (Å²) in [4.78, 5) is 10.9. The highest BCUT2D eigenvalue weighted by atomic mass is 15.4. The maximum Gasteiger partial charge on any atom is 0.245 e. The zero-order valence-corrected chi connectivity index (χ0v) is 11.0. The molecule has 3 rings (SSSR count). The molecular formula is C13H18N6. The van der Waals surface area contributed by atoms with Gasteiger partial charge in [-0.15, -0.1) is 5.10 Å². The van der Waals surface area contributed by atoms with E-state index in [2.05, 4.69) is 25.1 Å². The SMILES string of the molecule is Cc1cncc(-c2nc(N3CCC(N)CC3)n[nH]2)c1. The zero-order valence-electron chi connectivity index (χ0n) is 11.0. The molecule has 0 unspecified atom stereocenters. The number of aromatic nitrogens is 4. The molecule has 3 N–H and O–H groups in total. The van der Waals surface area contributed by atoms with Crippen LogP contribution in [0.25, 0.3) is 11.4 Å². The Labute approximate surface area is 112 Å². The first-order valence-corrected chi connectivity index (χ1v) is 6.57. The Balaban J connectivity index is 1.80. The van der Waals surface area contributed by atoms with E-state index in [1.54, 1.807) is 6.20 Å². The average molecular weight is 258 g/mol. The second kappa shape index (κ2) is 4.97. The molecule has 0 spiro atoms. The van der Waals surface area contributed by atoms with Crippen LogP contribution in [0.1, 0.15) is 18.4 Å². The predicted octanol–water partition coefficient (Wildman–Crippen LogP) is 1.10. The van der Waals surface area contributed by atoms with Crippen LogP contribution in [0, 0.1) is 6.92 Å². The Morgan fingerprint density at radius 1 is 1.32 bits per heavy atom. The van der Waals surface area contributed by atoms with Gasteiger partial charge < -0.3 is 10.6 Å². The van der Waals surface area contributed by atoms with E-state index in [1.807, 2.05) is 19.2 Å². The van der Waals surface area contributed by atoms with E-state index in [-0.39, 0.29) is 0 Å². The van der Waals surface area contributed by atoms with Crippen LogP contribution in [-0.4, -0.2) is 39.3 Å². The summed E-state index contributed by atoms with van der Waals surface area (Å²) in [6, 6.07) is 2.36. The van der Waals surface area contributed by atoms with E-state index < -0.39 is 0 Å². The van der Waals surface area contributed by atoms with E-state index in [0.717, 1.165) is 48.8 Å². The molecule has 3 heterocycles. The fourth-order valence-electron chi connectivity index (χ4n) is 2.31. The number of nitrogens with zero attached hydrogens (tertiary/aromatic N) is 4. The molecule has 1 saturated heterocycles. The van der Waals surface area contributed by atoms with E-state index >= 15 is 0 Å². The van der Waals surface area contributed by atoms with Crippen LogP contribution in [0.4, 0.5) is 5.95 Å². The molecule has 1 fully saturated rings. The summed E-state index contributed by atoms with van der Waals surface area (Å²) in [5, 5.41) is 7.28. The highest BCUT2D eigenvalue weighted by Gasteiger charge is 2.19. The molecule has 6 nitrogen and oxygen atoms in total. The van der Waals surface area contributed by atoms with Crippen molar-refractivity contribution in [3.05, 3.63) is 24.0 Å². The van der Waals surface area contributed by atoms with Gasteiger partial charge in [0.05, 0.1) is 0 Å². The summed E-state index contributed by atoms with van der Waals surface area (Å²) >= 11 is 0. The molecule has 0 aromatic carbocycles. The van der Waals surface area contributed by atoms with Gasteiger partial charge in [-0.2, -0.15) is 4.98 Å². The third-order valence-electron chi connectivity index (χ3n) is 3.44. The fourth-order valence-corrected chi connectivity index (χ4v) is 2.31. The molecule has 0 saturated carbocycles. The van der Waals surface area contributed by atoms with Crippen molar-refractivity contribution in [1.29, 1.82) is 0 Å². The number of aromatic amines is 1. The first-order chi connectivity index (χ1) is 9.22. The molecule has 2 aromatic rings. The van der Waals surface area contributed by atoms with E-state index in [0.29, 0.717) is 6.04 Å². The fraction of sp³-hybridized carbons (Fsp3) is 0.462. The third kappa shape index (κ3) is 2.58. The Morgan fingerprint density at radius 3 is 2.84 bits per heavy atom. The lowest BCUT2D eigenvalue weighted by atomic mass is 10.1. The van der Waals surface area contributed by atoms with Crippen LogP contribution in [0.15, 0.2) is 18.5 Å². The monoisotopic (exact) mass is 258 g/mol. The average Bonchev–Trinajstić information content (AvgIpc) is 2.89. The largest absolute Gasteiger partial charge is 0.339 e. The Morgan fingerprint density at radius 2 is 2.11 bits per heavy atom. The van der Waals surface area contributed by atoms with Crippen molar-refractivity contribution in [1.82, 2.24) is 20.2 Å². The molecule has 0 amide bonds. The van der Waals surface area contributed by atoms with Crippen molar-refractivity contribution in [2.75, 3.05) is 18.0 Å². The minimum Gasteiger partial charge on any atom is -0.339 e. The van der Waals surface area contributed by atoms with Gasteiger partial charge in [0, 0.05) is 37.1 Å². The van der Waals surface area contributed by atoms with Crippen LogP contribution in [-0.2, 0) is 0 Å². The molecule has 0 aliphatic carbocycles. The van der Waals surface area contributed by atoms with Gasteiger partial charge in [0.2, 0.25) is 5.95 Å². The summed E-state index contributed by atoms with van der Waals surface area (Å²) < 4.78 is 0. The number of hydrogen-bond acceptors (Lipinski definition) is 5. The Hall–Kier alpha value is -1.95. The van der Waals surface area contributed by atoms with Crippen molar-refractivity contribution in [3.63, 3.8) is 0 Å². The Kier molecular flexibility index (Phi) is 3.16. The van der Waals surface area contributed by atoms with Crippen LogP contribution in [0.3, 0.4) is 0 Å². The van der Waals surface area contributed by atoms with Gasteiger partial charge in [0.25, 0.3) is 0 Å². The normalized spacial score (nSPS) is 16.8. The number of pyridine rings is 1. The molecule has 2 aromatic heterocycles. The van der Waals surface area contributed by atoms with Gasteiger partial charge >= 0.3 is 0 Å². The lowest BCUT2D eigenvalue weighted by Gasteiger charge is -2.28. The number of nitrogens with two attached hydrogens (primary N) is 1. The predicted molar refractivity (Wildman–Crippen MR) is 73.8 cm³/mol. The lowest BCUT2D eigenvalue weighted by molar-refractivity contribution is 0.496. The number of hydrogen-bond donors (Lipinski definition) is 2. The number of nitrogens with one attached hydrogen (secondary N) is 1. The van der Waals surface area contributed by atoms with Crippen LogP contribution >= 0.6 is 0 Å². The van der Waals surface area contributed by atoms with Gasteiger partial charge in [-0.3, -0.25) is 10.1 Å². The van der Waals surface area contributed by atoms with Crippen LogP contribution in [0.5, 0.6) is 0 Å². The summed E-state index contributed by atoms with van der Waals surface area (Å²) in [6.07, 6.45) is 5.61. The number of H-pyrrole nitrogens is 1. The van der Waals surface area contributed by atoms with Crippen molar-refractivity contribution in [2.24, 2.45) is 5.73 Å². The van der Waals surface area contributed by atoms with Gasteiger partial charge in [-0.05, 0) is 31.4 Å². The zero-order chi connectivity index (χ0) is 13.2. The van der Waals surface area contributed by atoms with E-state index in [1.165, 1.54) is 0 Å². The highest BCUT2D eigenvalue weighted by molar-refractivity contribution is 5.55. The number of aryl methyl sites for hydroxylation is 1. The molecule has 6 heteroatoms. The van der Waals surface area contributed by atoms with Crippen molar-refractivity contribution >= 4 is 5.95 Å². The summed E-state index contributed by atoms with van der Waals surface area (Å²) in [5.74, 6) is 1.52. The van der Waals surface area contributed by atoms with E-state index in [9.17, 15) is 0 Å². The highest BCUT2D eigenvalue weighted by Crippen LogP contribution is 2.20. The molecule has 0 bridgehead atoms. The smallest absolute Gasteiger partial charge is 0.245 e. The van der Waals surface area contributed by atoms with Crippen LogP contribution in [0.2, 0.25) is 0 Å². The Bertz CT molecular complexity index is 556. The molecular weight excluding hydrogens is 240 g/mol. The first-order valence-electron chi connectivity index (χ1n) is 6.57. The van der Waals surface area contributed by atoms with Crippen LogP contribution < -0.4 is 10.6 Å². The summed E-state index contributed by atoms with van der Waals surface area (Å²) in [6.45, 7) is 3.86. The minimum atomic E-state index is 0.315. The van der Waals surface area contributed by atoms with Crippen molar-refractivity contribution in [2.45, 2.75) is 25.8 Å². The van der Waals surface area contributed by atoms with Gasteiger partial charge in [0.15, 0.2) is 5.82 Å². The summed E-state index contributed by atoms with van der Waals surface area (Å²) in [5.41, 5.74) is 7.98. The maximum absolute atomic E-state index is 5.90. The van der Waals surface area contributed by atoms with Gasteiger partial charge in [0.1, 0.15) is 0 Å². The molecule has 0 radical (unpaired) electrons. The van der Waals surface area contributed by atoms with Gasteiger partial charge in [-0.25, -0.2) is 0 Å². The maximum atomic E-state index is 5.90. The summed E-state index contributed by atoms with van der Waals surface area (Å²) in [7, 11) is 0. The third-order valence-corrected chi connectivity index (χ3v) is 3.44. The minimum absolute atomic E-state index is 0.315. The van der Waals surface area contributed by atoms with E-state index in [4.69, 9.17) is 5.73 Å². The van der Waals surface area contributed by atoms with Crippen molar-refractivity contribution < 1.29 is 0 Å². The molecule has 19 heavy (non-hydrogen) atoms. The second-order valence-corrected chi connectivity index (χ2v) is 5.06. The molecule has 100 valence electrons. The first kappa shape index (κ1) is 12.1. The molecule has 0 atom stereocenters.